The van der Waals surface area contributed by atoms with Crippen molar-refractivity contribution < 1.29 is 14.3 Å². The number of carbonyl (C=O) groups excluding carboxylic acids is 1. The highest BCUT2D eigenvalue weighted by Crippen LogP contribution is 2.32. The van der Waals surface area contributed by atoms with Gasteiger partial charge < -0.3 is 24.2 Å². The molecule has 0 aromatic heterocycles. The third-order valence-electron chi connectivity index (χ3n) is 5.92. The van der Waals surface area contributed by atoms with Gasteiger partial charge in [0.1, 0.15) is 5.75 Å². The van der Waals surface area contributed by atoms with Crippen LogP contribution < -0.4 is 9.64 Å². The summed E-state index contributed by atoms with van der Waals surface area (Å²) in [6, 6.07) is 6.20. The predicted molar refractivity (Wildman–Crippen MR) is 108 cm³/mol. The van der Waals surface area contributed by atoms with Gasteiger partial charge in [0.05, 0.1) is 26.0 Å². The van der Waals surface area contributed by atoms with Gasteiger partial charge in [0.2, 0.25) is 0 Å². The van der Waals surface area contributed by atoms with Gasteiger partial charge in [-0.05, 0) is 44.1 Å². The van der Waals surface area contributed by atoms with Crippen molar-refractivity contribution >= 4 is 11.6 Å². The zero-order valence-corrected chi connectivity index (χ0v) is 17.3. The summed E-state index contributed by atoms with van der Waals surface area (Å²) < 4.78 is 11.0. The first-order valence-electron chi connectivity index (χ1n) is 9.88. The van der Waals surface area contributed by atoms with Crippen LogP contribution in [-0.2, 0) is 4.74 Å². The number of likely N-dealkylation sites (N-methyl/N-ethyl adjacent to an activating group) is 1. The van der Waals surface area contributed by atoms with E-state index >= 15 is 0 Å². The first kappa shape index (κ1) is 20.0. The molecule has 0 aliphatic carbocycles. The lowest BCUT2D eigenvalue weighted by atomic mass is 9.91. The molecule has 6 heteroatoms. The molecule has 1 aromatic carbocycles. The molecule has 2 saturated heterocycles. The van der Waals surface area contributed by atoms with Crippen molar-refractivity contribution in [1.29, 1.82) is 0 Å². The Morgan fingerprint density at radius 3 is 2.48 bits per heavy atom. The second-order valence-corrected chi connectivity index (χ2v) is 8.14. The molecule has 0 saturated carbocycles. The van der Waals surface area contributed by atoms with Gasteiger partial charge in [0, 0.05) is 37.8 Å². The molecule has 2 aliphatic rings. The molecule has 27 heavy (non-hydrogen) atoms. The molecule has 2 unspecified atom stereocenters. The highest BCUT2D eigenvalue weighted by molar-refractivity contribution is 5.96. The van der Waals surface area contributed by atoms with Crippen LogP contribution >= 0.6 is 0 Å². The van der Waals surface area contributed by atoms with E-state index in [1.807, 2.05) is 23.1 Å². The molecule has 2 aliphatic heterocycles. The van der Waals surface area contributed by atoms with Crippen LogP contribution in [0.3, 0.4) is 0 Å². The number of morpholine rings is 1. The van der Waals surface area contributed by atoms with Gasteiger partial charge in [-0.15, -0.1) is 0 Å². The zero-order valence-electron chi connectivity index (χ0n) is 17.3. The normalized spacial score (nSPS) is 23.4. The van der Waals surface area contributed by atoms with E-state index in [-0.39, 0.29) is 5.91 Å². The molecule has 2 heterocycles. The fourth-order valence-electron chi connectivity index (χ4n) is 4.24. The first-order valence-corrected chi connectivity index (χ1v) is 9.88. The van der Waals surface area contributed by atoms with Crippen LogP contribution in [0.2, 0.25) is 0 Å². The topological polar surface area (TPSA) is 45.2 Å². The summed E-state index contributed by atoms with van der Waals surface area (Å²) in [6.45, 7) is 9.14. The summed E-state index contributed by atoms with van der Waals surface area (Å²) in [5, 5.41) is 0. The minimum atomic E-state index is 0.113. The van der Waals surface area contributed by atoms with E-state index in [9.17, 15) is 4.79 Å². The average Bonchev–Trinajstić information content (AvgIpc) is 3.14. The summed E-state index contributed by atoms with van der Waals surface area (Å²) in [4.78, 5) is 19.7. The third kappa shape index (κ3) is 4.22. The van der Waals surface area contributed by atoms with Crippen molar-refractivity contribution in [2.24, 2.45) is 11.8 Å². The fraction of sp³-hybridized carbons (Fsp3) is 0.667. The second kappa shape index (κ2) is 8.48. The zero-order chi connectivity index (χ0) is 19.6. The third-order valence-corrected chi connectivity index (χ3v) is 5.92. The van der Waals surface area contributed by atoms with Crippen LogP contribution in [0, 0.1) is 11.8 Å². The molecule has 0 radical (unpaired) electrons. The lowest BCUT2D eigenvalue weighted by molar-refractivity contribution is 0.0779. The Kier molecular flexibility index (Phi) is 6.27. The summed E-state index contributed by atoms with van der Waals surface area (Å²) in [5.74, 6) is 1.97. The highest BCUT2D eigenvalue weighted by Gasteiger charge is 2.38. The summed E-state index contributed by atoms with van der Waals surface area (Å²) in [6.07, 6.45) is 0. The number of ether oxygens (including phenoxy) is 2. The molecule has 2 atom stereocenters. The Morgan fingerprint density at radius 1 is 1.22 bits per heavy atom. The summed E-state index contributed by atoms with van der Waals surface area (Å²) >= 11 is 0. The van der Waals surface area contributed by atoms with E-state index in [0.717, 1.165) is 43.2 Å². The van der Waals surface area contributed by atoms with Crippen molar-refractivity contribution in [3.8, 4) is 5.75 Å². The van der Waals surface area contributed by atoms with Crippen LogP contribution in [0.1, 0.15) is 24.2 Å². The Bertz CT molecular complexity index is 640. The van der Waals surface area contributed by atoms with Crippen LogP contribution in [0.15, 0.2) is 18.2 Å². The minimum absolute atomic E-state index is 0.113. The van der Waals surface area contributed by atoms with Gasteiger partial charge in [-0.1, -0.05) is 13.8 Å². The minimum Gasteiger partial charge on any atom is -0.495 e. The molecule has 150 valence electrons. The lowest BCUT2D eigenvalue weighted by Gasteiger charge is -2.30. The molecule has 6 nitrogen and oxygen atoms in total. The van der Waals surface area contributed by atoms with Crippen molar-refractivity contribution in [3.63, 3.8) is 0 Å². The van der Waals surface area contributed by atoms with Crippen molar-refractivity contribution in [2.75, 3.05) is 65.5 Å². The van der Waals surface area contributed by atoms with Gasteiger partial charge in [-0.2, -0.15) is 0 Å². The summed E-state index contributed by atoms with van der Waals surface area (Å²) in [7, 11) is 5.89. The molecular weight excluding hydrogens is 342 g/mol. The van der Waals surface area contributed by atoms with E-state index < -0.39 is 0 Å². The summed E-state index contributed by atoms with van der Waals surface area (Å²) in [5.41, 5.74) is 1.72. The number of amides is 1. The number of nitrogens with zero attached hydrogens (tertiary/aromatic N) is 3. The Balaban J connectivity index is 1.82. The number of anilines is 1. The van der Waals surface area contributed by atoms with Crippen LogP contribution in [0.4, 0.5) is 5.69 Å². The highest BCUT2D eigenvalue weighted by atomic mass is 16.5. The Hall–Kier alpha value is -1.79. The Morgan fingerprint density at radius 2 is 1.93 bits per heavy atom. The van der Waals surface area contributed by atoms with Crippen molar-refractivity contribution in [3.05, 3.63) is 23.8 Å². The van der Waals surface area contributed by atoms with Crippen LogP contribution in [0.25, 0.3) is 0 Å². The number of benzene rings is 1. The fourth-order valence-corrected chi connectivity index (χ4v) is 4.24. The lowest BCUT2D eigenvalue weighted by Crippen LogP contribution is -2.38. The molecule has 0 N–H and O–H groups in total. The SMILES string of the molecule is COc1ccc(C(=O)N2CC(C(C)C)C(N(C)C)C2)cc1N1CCOCC1. The van der Waals surface area contributed by atoms with E-state index in [2.05, 4.69) is 37.7 Å². The Labute approximate surface area is 163 Å². The first-order chi connectivity index (χ1) is 12.9. The van der Waals surface area contributed by atoms with Gasteiger partial charge in [-0.3, -0.25) is 4.79 Å². The van der Waals surface area contributed by atoms with Crippen molar-refractivity contribution in [1.82, 2.24) is 9.80 Å². The quantitative estimate of drug-likeness (QED) is 0.789. The molecule has 2 fully saturated rings. The molecule has 1 amide bonds. The second-order valence-electron chi connectivity index (χ2n) is 8.14. The monoisotopic (exact) mass is 375 g/mol. The van der Waals surface area contributed by atoms with E-state index in [1.165, 1.54) is 0 Å². The maximum Gasteiger partial charge on any atom is 0.253 e. The smallest absolute Gasteiger partial charge is 0.253 e. The van der Waals surface area contributed by atoms with E-state index in [1.54, 1.807) is 7.11 Å². The number of rotatable bonds is 5. The number of likely N-dealkylation sites (tertiary alicyclic amines) is 1. The van der Waals surface area contributed by atoms with Crippen LogP contribution in [0.5, 0.6) is 5.75 Å². The van der Waals surface area contributed by atoms with Crippen molar-refractivity contribution in [2.45, 2.75) is 19.9 Å². The van der Waals surface area contributed by atoms with E-state index in [0.29, 0.717) is 31.1 Å². The number of hydrogen-bond acceptors (Lipinski definition) is 5. The van der Waals surface area contributed by atoms with Gasteiger partial charge in [0.25, 0.3) is 5.91 Å². The van der Waals surface area contributed by atoms with Crippen LogP contribution in [-0.4, -0.2) is 82.3 Å². The maximum absolute atomic E-state index is 13.2. The van der Waals surface area contributed by atoms with Gasteiger partial charge in [-0.25, -0.2) is 0 Å². The average molecular weight is 376 g/mol. The van der Waals surface area contributed by atoms with Gasteiger partial charge >= 0.3 is 0 Å². The predicted octanol–water partition coefficient (Wildman–Crippen LogP) is 2.19. The number of methoxy groups -OCH3 is 1. The van der Waals surface area contributed by atoms with E-state index in [4.69, 9.17) is 9.47 Å². The molecule has 0 spiro atoms. The maximum atomic E-state index is 13.2. The molecule has 3 rings (SSSR count). The van der Waals surface area contributed by atoms with Gasteiger partial charge in [0.15, 0.2) is 0 Å². The number of hydrogen-bond donors (Lipinski definition) is 0. The standard InChI is InChI=1S/C21H33N3O3/c1-15(2)17-13-24(14-19(17)22(3)4)21(25)16-6-7-20(26-5)18(12-16)23-8-10-27-11-9-23/h6-7,12,15,17,19H,8-11,13-14H2,1-5H3. The molecule has 0 bridgehead atoms. The molecule has 1 aromatic rings. The number of carbonyl (C=O) groups is 1. The largest absolute Gasteiger partial charge is 0.495 e. The molecular formula is C21H33N3O3.